The van der Waals surface area contributed by atoms with Crippen LogP contribution in [0.25, 0.3) is 34.2 Å². The van der Waals surface area contributed by atoms with Crippen LogP contribution in [-0.2, 0) is 4.79 Å². The van der Waals surface area contributed by atoms with E-state index in [1.807, 2.05) is 52.0 Å². The van der Waals surface area contributed by atoms with Gasteiger partial charge in [-0.1, -0.05) is 47.5 Å². The van der Waals surface area contributed by atoms with Crippen molar-refractivity contribution in [2.24, 2.45) is 4.99 Å². The second-order valence-electron chi connectivity index (χ2n) is 8.69. The van der Waals surface area contributed by atoms with Gasteiger partial charge >= 0.3 is 0 Å². The Hall–Kier alpha value is -4.39. The molecule has 1 amide bonds. The highest BCUT2D eigenvalue weighted by atomic mass is 16.5. The van der Waals surface area contributed by atoms with Gasteiger partial charge in [-0.25, -0.2) is 19.9 Å². The zero-order chi connectivity index (χ0) is 25.8. The van der Waals surface area contributed by atoms with Gasteiger partial charge in [0.05, 0.1) is 5.56 Å². The number of aryl methyl sites for hydroxylation is 4. The molecule has 1 aromatic heterocycles. The normalized spacial score (nSPS) is 11.1. The van der Waals surface area contributed by atoms with E-state index in [-0.39, 0.29) is 12.4 Å². The minimum atomic E-state index is -0.408. The zero-order valence-electron chi connectivity index (χ0n) is 21.0. The van der Waals surface area contributed by atoms with E-state index < -0.39 is 5.91 Å². The van der Waals surface area contributed by atoms with Crippen LogP contribution in [0.15, 0.2) is 59.6 Å². The highest BCUT2D eigenvalue weighted by molar-refractivity contribution is 5.85. The summed E-state index contributed by atoms with van der Waals surface area (Å²) in [6.07, 6.45) is 1.41. The minimum absolute atomic E-state index is 0.0664. The van der Waals surface area contributed by atoms with Crippen LogP contribution >= 0.6 is 0 Å². The van der Waals surface area contributed by atoms with Gasteiger partial charge in [0.2, 0.25) is 0 Å². The third-order valence-corrected chi connectivity index (χ3v) is 5.73. The summed E-state index contributed by atoms with van der Waals surface area (Å²) in [5.74, 6) is 1.25. The van der Waals surface area contributed by atoms with Crippen molar-refractivity contribution in [2.45, 2.75) is 34.6 Å². The van der Waals surface area contributed by atoms with Crippen LogP contribution in [-0.4, -0.2) is 38.8 Å². The molecule has 0 aliphatic carbocycles. The zero-order valence-corrected chi connectivity index (χ0v) is 21.0. The average molecular weight is 481 g/mol. The number of carbonyl (C=O) groups is 1. The number of hydrogen-bond acceptors (Lipinski definition) is 6. The Morgan fingerprint density at radius 3 is 1.78 bits per heavy atom. The SMILES string of the molecule is CC=NC(=O)COc1ccc(-c2nc(-c3ccc(C)cc3C)nc(-c3ccc(C)cc3C)n2)c(O)c1. The molecule has 4 aromatic rings. The van der Waals surface area contributed by atoms with Crippen molar-refractivity contribution < 1.29 is 14.6 Å². The van der Waals surface area contributed by atoms with Gasteiger partial charge in [0.25, 0.3) is 5.91 Å². The molecule has 3 aromatic carbocycles. The van der Waals surface area contributed by atoms with Crippen LogP contribution in [0.1, 0.15) is 29.2 Å². The number of benzene rings is 3. The van der Waals surface area contributed by atoms with Crippen molar-refractivity contribution in [3.8, 4) is 45.7 Å². The van der Waals surface area contributed by atoms with E-state index in [4.69, 9.17) is 19.7 Å². The Morgan fingerprint density at radius 1 is 0.806 bits per heavy atom. The molecule has 0 aliphatic rings. The summed E-state index contributed by atoms with van der Waals surface area (Å²) >= 11 is 0. The third-order valence-electron chi connectivity index (χ3n) is 5.73. The van der Waals surface area contributed by atoms with Gasteiger partial charge in [-0.2, -0.15) is 0 Å². The number of rotatable bonds is 6. The van der Waals surface area contributed by atoms with E-state index >= 15 is 0 Å². The standard InChI is InChI=1S/C29H28N4O3/c1-6-30-26(35)16-36-21-9-12-24(25(34)15-21)29-32-27(22-10-7-17(2)13-19(22)4)31-28(33-29)23-11-8-18(3)14-20(23)5/h6-15,34H,16H2,1-5H3. The number of carbonyl (C=O) groups excluding carboxylic acids is 1. The van der Waals surface area contributed by atoms with E-state index in [1.165, 1.54) is 12.3 Å². The molecule has 0 atom stereocenters. The molecule has 0 aliphatic heterocycles. The van der Waals surface area contributed by atoms with Crippen molar-refractivity contribution in [1.82, 2.24) is 15.0 Å². The Labute approximate surface area is 210 Å². The van der Waals surface area contributed by atoms with E-state index in [9.17, 15) is 9.90 Å². The number of nitrogens with zero attached hydrogens (tertiary/aromatic N) is 4. The van der Waals surface area contributed by atoms with E-state index in [1.54, 1.807) is 19.1 Å². The number of aromatic hydroxyl groups is 1. The van der Waals surface area contributed by atoms with Crippen LogP contribution in [0.5, 0.6) is 11.5 Å². The topological polar surface area (TPSA) is 97.6 Å². The average Bonchev–Trinajstić information content (AvgIpc) is 2.82. The summed E-state index contributed by atoms with van der Waals surface area (Å²) in [6, 6.07) is 17.0. The van der Waals surface area contributed by atoms with Crippen LogP contribution < -0.4 is 4.74 Å². The minimum Gasteiger partial charge on any atom is -0.507 e. The second kappa shape index (κ2) is 10.5. The monoisotopic (exact) mass is 480 g/mol. The molecule has 7 nitrogen and oxygen atoms in total. The molecular weight excluding hydrogens is 452 g/mol. The molecule has 182 valence electrons. The molecule has 0 bridgehead atoms. The lowest BCUT2D eigenvalue weighted by Gasteiger charge is -2.13. The highest BCUT2D eigenvalue weighted by Gasteiger charge is 2.17. The maximum atomic E-state index is 11.6. The first-order valence-corrected chi connectivity index (χ1v) is 11.6. The van der Waals surface area contributed by atoms with Gasteiger partial charge in [0, 0.05) is 23.4 Å². The van der Waals surface area contributed by atoms with Crippen LogP contribution in [0.3, 0.4) is 0 Å². The maximum Gasteiger partial charge on any atom is 0.283 e. The smallest absolute Gasteiger partial charge is 0.283 e. The number of aliphatic imine (C=N–C) groups is 1. The lowest BCUT2D eigenvalue weighted by Crippen LogP contribution is -2.08. The first-order chi connectivity index (χ1) is 17.2. The molecule has 4 rings (SSSR count). The summed E-state index contributed by atoms with van der Waals surface area (Å²) in [4.78, 5) is 29.5. The fraction of sp³-hybridized carbons (Fsp3) is 0.207. The predicted molar refractivity (Wildman–Crippen MR) is 141 cm³/mol. The Kier molecular flexibility index (Phi) is 7.20. The first-order valence-electron chi connectivity index (χ1n) is 11.6. The molecule has 0 fully saturated rings. The summed E-state index contributed by atoms with van der Waals surface area (Å²) in [7, 11) is 0. The molecule has 0 saturated heterocycles. The van der Waals surface area contributed by atoms with Gasteiger partial charge in [0.15, 0.2) is 24.1 Å². The van der Waals surface area contributed by atoms with Gasteiger partial charge in [-0.05, 0) is 57.9 Å². The van der Waals surface area contributed by atoms with Gasteiger partial charge < -0.3 is 9.84 Å². The van der Waals surface area contributed by atoms with Gasteiger partial charge in [-0.3, -0.25) is 4.79 Å². The quantitative estimate of drug-likeness (QED) is 0.350. The fourth-order valence-corrected chi connectivity index (χ4v) is 3.98. The molecule has 0 spiro atoms. The predicted octanol–water partition coefficient (Wildman–Crippen LogP) is 5.81. The van der Waals surface area contributed by atoms with Crippen molar-refractivity contribution in [3.63, 3.8) is 0 Å². The Morgan fingerprint density at radius 2 is 1.31 bits per heavy atom. The lowest BCUT2D eigenvalue weighted by molar-refractivity contribution is -0.119. The number of phenolic OH excluding ortho intramolecular Hbond substituents is 1. The molecular formula is C29H28N4O3. The van der Waals surface area contributed by atoms with Gasteiger partial charge in [0.1, 0.15) is 11.5 Å². The van der Waals surface area contributed by atoms with Crippen molar-refractivity contribution >= 4 is 12.1 Å². The number of amides is 1. The second-order valence-corrected chi connectivity index (χ2v) is 8.69. The molecule has 0 saturated carbocycles. The molecule has 1 N–H and O–H groups in total. The van der Waals surface area contributed by atoms with Crippen molar-refractivity contribution in [1.29, 1.82) is 0 Å². The molecule has 1 heterocycles. The number of hydrogen-bond donors (Lipinski definition) is 1. The van der Waals surface area contributed by atoms with E-state index in [2.05, 4.69) is 17.1 Å². The lowest BCUT2D eigenvalue weighted by atomic mass is 10.0. The Balaban J connectivity index is 1.81. The third kappa shape index (κ3) is 5.46. The van der Waals surface area contributed by atoms with Crippen LogP contribution in [0.4, 0.5) is 0 Å². The number of ether oxygens (including phenoxy) is 1. The molecule has 0 radical (unpaired) electrons. The van der Waals surface area contributed by atoms with Crippen LogP contribution in [0, 0.1) is 27.7 Å². The fourth-order valence-electron chi connectivity index (χ4n) is 3.98. The number of phenols is 1. The van der Waals surface area contributed by atoms with Gasteiger partial charge in [-0.15, -0.1) is 0 Å². The van der Waals surface area contributed by atoms with E-state index in [0.717, 1.165) is 33.4 Å². The summed E-state index contributed by atoms with van der Waals surface area (Å²) in [5, 5.41) is 10.8. The highest BCUT2D eigenvalue weighted by Crippen LogP contribution is 2.34. The summed E-state index contributed by atoms with van der Waals surface area (Å²) in [6.45, 7) is 9.57. The molecule has 7 heteroatoms. The molecule has 36 heavy (non-hydrogen) atoms. The van der Waals surface area contributed by atoms with E-state index in [0.29, 0.717) is 28.8 Å². The largest absolute Gasteiger partial charge is 0.507 e. The van der Waals surface area contributed by atoms with Crippen molar-refractivity contribution in [3.05, 3.63) is 76.9 Å². The summed E-state index contributed by atoms with van der Waals surface area (Å²) in [5.41, 5.74) is 6.61. The maximum absolute atomic E-state index is 11.6. The molecule has 0 unspecified atom stereocenters. The van der Waals surface area contributed by atoms with Crippen LogP contribution in [0.2, 0.25) is 0 Å². The van der Waals surface area contributed by atoms with Crippen molar-refractivity contribution in [2.75, 3.05) is 6.61 Å². The first kappa shape index (κ1) is 24.7. The summed E-state index contributed by atoms with van der Waals surface area (Å²) < 4.78 is 5.46. The Bertz CT molecular complexity index is 1410. The number of aromatic nitrogens is 3.